The zero-order valence-corrected chi connectivity index (χ0v) is 11.2. The fraction of sp³-hybridized carbons (Fsp3) is 0.583. The lowest BCUT2D eigenvalue weighted by Gasteiger charge is -2.19. The number of hydrogen-bond acceptors (Lipinski definition) is 7. The number of ether oxygens (including phenoxy) is 2. The van der Waals surface area contributed by atoms with Crippen molar-refractivity contribution in [2.75, 3.05) is 19.5 Å². The lowest BCUT2D eigenvalue weighted by Crippen LogP contribution is -2.35. The van der Waals surface area contributed by atoms with Gasteiger partial charge in [-0.05, 0) is 0 Å². The SMILES string of the molecule is [2H]C([2H])([2H])[n+]1cnc2c(ncn2[C@@H]2O[C@H](CO)[C@@H](O)[C@H]2OC)c1N. The van der Waals surface area contributed by atoms with E-state index in [1.54, 1.807) is 0 Å². The van der Waals surface area contributed by atoms with E-state index in [-0.39, 0.29) is 23.6 Å². The molecule has 3 heterocycles. The monoisotopic (exact) mass is 299 g/mol. The van der Waals surface area contributed by atoms with Crippen LogP contribution in [0.5, 0.6) is 0 Å². The van der Waals surface area contributed by atoms with E-state index in [1.165, 1.54) is 18.0 Å². The van der Waals surface area contributed by atoms with Crippen LogP contribution in [-0.2, 0) is 16.4 Å². The van der Waals surface area contributed by atoms with Gasteiger partial charge in [-0.25, -0.2) is 9.55 Å². The Labute approximate surface area is 124 Å². The number of fused-ring (bicyclic) bond motifs is 1. The van der Waals surface area contributed by atoms with Gasteiger partial charge in [-0.3, -0.25) is 4.57 Å². The van der Waals surface area contributed by atoms with Gasteiger partial charge >= 0.3 is 0 Å². The number of imidazole rings is 1. The summed E-state index contributed by atoms with van der Waals surface area (Å²) in [5.74, 6) is -0.0648. The number of aliphatic hydroxyl groups is 2. The first-order valence-corrected chi connectivity index (χ1v) is 6.30. The molecule has 0 unspecified atom stereocenters. The van der Waals surface area contributed by atoms with Gasteiger partial charge in [0.25, 0.3) is 5.82 Å². The predicted molar refractivity (Wildman–Crippen MR) is 70.9 cm³/mol. The summed E-state index contributed by atoms with van der Waals surface area (Å²) in [4.78, 5) is 8.21. The highest BCUT2D eigenvalue weighted by atomic mass is 16.6. The van der Waals surface area contributed by atoms with Crippen LogP contribution in [0, 0.1) is 0 Å². The second kappa shape index (κ2) is 5.19. The number of hydrogen-bond donors (Lipinski definition) is 3. The Kier molecular flexibility index (Phi) is 2.68. The summed E-state index contributed by atoms with van der Waals surface area (Å²) < 4.78 is 35.5. The normalized spacial score (nSPS) is 32.0. The molecule has 2 aromatic rings. The van der Waals surface area contributed by atoms with E-state index < -0.39 is 31.5 Å². The van der Waals surface area contributed by atoms with Gasteiger partial charge in [-0.15, -0.1) is 0 Å². The molecule has 1 fully saturated rings. The van der Waals surface area contributed by atoms with E-state index in [4.69, 9.17) is 19.3 Å². The zero-order chi connectivity index (χ0) is 17.6. The molecule has 0 aliphatic carbocycles. The highest BCUT2D eigenvalue weighted by Gasteiger charge is 2.45. The molecular weight excluding hydrogens is 278 g/mol. The van der Waals surface area contributed by atoms with Crippen LogP contribution in [0.4, 0.5) is 5.82 Å². The van der Waals surface area contributed by atoms with Crippen LogP contribution in [0.25, 0.3) is 11.2 Å². The van der Waals surface area contributed by atoms with E-state index in [9.17, 15) is 10.2 Å². The molecule has 1 aliphatic rings. The first kappa shape index (κ1) is 10.9. The summed E-state index contributed by atoms with van der Waals surface area (Å²) in [7, 11) is 1.41. The van der Waals surface area contributed by atoms with Crippen LogP contribution < -0.4 is 10.3 Å². The summed E-state index contributed by atoms with van der Waals surface area (Å²) in [6.07, 6.45) is -0.914. The Hall–Kier alpha value is -1.81. The number of nitrogen functional groups attached to an aromatic ring is 1. The van der Waals surface area contributed by atoms with Crippen LogP contribution in [0.2, 0.25) is 0 Å². The quantitative estimate of drug-likeness (QED) is 0.566. The van der Waals surface area contributed by atoms with E-state index in [1.807, 2.05) is 0 Å². The van der Waals surface area contributed by atoms with Gasteiger partial charge in [-0.1, -0.05) is 4.98 Å². The lowest BCUT2D eigenvalue weighted by molar-refractivity contribution is -0.658. The summed E-state index contributed by atoms with van der Waals surface area (Å²) in [6, 6.07) is 0. The molecule has 9 nitrogen and oxygen atoms in total. The standard InChI is InChI=1S/C12H17N5O4/c1-16-4-15-11-7(10(16)13)14-5-17(11)12-9(20-2)8(19)6(3-18)21-12/h4-6,8-9,12-13,18-19H,3H2,1-2H3/p+1/t6-,8-,9-,12-/m1/s1/i1D3. The second-order valence-corrected chi connectivity index (χ2v) is 4.76. The summed E-state index contributed by atoms with van der Waals surface area (Å²) in [6.45, 7) is -2.86. The van der Waals surface area contributed by atoms with Crippen molar-refractivity contribution in [3.8, 4) is 0 Å². The Balaban J connectivity index is 2.07. The van der Waals surface area contributed by atoms with Gasteiger partial charge in [0.05, 0.1) is 17.7 Å². The van der Waals surface area contributed by atoms with Crippen molar-refractivity contribution in [2.24, 2.45) is 6.98 Å². The van der Waals surface area contributed by atoms with E-state index in [2.05, 4.69) is 9.97 Å². The van der Waals surface area contributed by atoms with Crippen molar-refractivity contribution < 1.29 is 28.4 Å². The molecular formula is C12H18N5O4+. The fourth-order valence-corrected chi connectivity index (χ4v) is 2.49. The van der Waals surface area contributed by atoms with Gasteiger partial charge in [0.2, 0.25) is 12.0 Å². The Bertz CT molecular complexity index is 752. The van der Waals surface area contributed by atoms with E-state index >= 15 is 0 Å². The van der Waals surface area contributed by atoms with Crippen molar-refractivity contribution in [1.82, 2.24) is 14.5 Å². The number of anilines is 1. The third kappa shape index (κ3) is 2.05. The van der Waals surface area contributed by atoms with Crippen LogP contribution in [0.15, 0.2) is 12.7 Å². The minimum Gasteiger partial charge on any atom is -0.394 e. The maximum atomic E-state index is 10.1. The average molecular weight is 299 g/mol. The molecule has 0 radical (unpaired) electrons. The average Bonchev–Trinajstić information content (AvgIpc) is 3.07. The lowest BCUT2D eigenvalue weighted by atomic mass is 10.1. The number of aryl methyl sites for hydroxylation is 1. The first-order chi connectivity index (χ1) is 11.3. The summed E-state index contributed by atoms with van der Waals surface area (Å²) in [5, 5.41) is 19.4. The Morgan fingerprint density at radius 1 is 1.62 bits per heavy atom. The van der Waals surface area contributed by atoms with Crippen LogP contribution >= 0.6 is 0 Å². The molecule has 0 bridgehead atoms. The Morgan fingerprint density at radius 3 is 3.10 bits per heavy atom. The molecule has 4 N–H and O–H groups in total. The summed E-state index contributed by atoms with van der Waals surface area (Å²) in [5.41, 5.74) is 6.36. The van der Waals surface area contributed by atoms with E-state index in [0.29, 0.717) is 0 Å². The molecule has 1 aliphatic heterocycles. The maximum absolute atomic E-state index is 10.1. The van der Waals surface area contributed by atoms with Crippen molar-refractivity contribution in [3.05, 3.63) is 12.7 Å². The number of methoxy groups -OCH3 is 1. The van der Waals surface area contributed by atoms with Crippen molar-refractivity contribution in [3.63, 3.8) is 0 Å². The highest BCUT2D eigenvalue weighted by molar-refractivity contribution is 5.79. The van der Waals surface area contributed by atoms with Crippen LogP contribution in [0.3, 0.4) is 0 Å². The number of nitrogens with zero attached hydrogens (tertiary/aromatic N) is 4. The number of nitrogens with two attached hydrogens (primary N) is 1. The van der Waals surface area contributed by atoms with Crippen molar-refractivity contribution in [2.45, 2.75) is 24.5 Å². The second-order valence-electron chi connectivity index (χ2n) is 4.76. The molecule has 1 saturated heterocycles. The van der Waals surface area contributed by atoms with Gasteiger partial charge in [0, 0.05) is 7.11 Å². The van der Waals surface area contributed by atoms with Gasteiger partial charge in [0.15, 0.2) is 11.7 Å². The molecule has 4 atom stereocenters. The molecule has 0 spiro atoms. The third-order valence-electron chi connectivity index (χ3n) is 3.60. The van der Waals surface area contributed by atoms with Gasteiger partial charge < -0.3 is 25.4 Å². The molecule has 0 aromatic carbocycles. The molecule has 114 valence electrons. The highest BCUT2D eigenvalue weighted by Crippen LogP contribution is 2.33. The smallest absolute Gasteiger partial charge is 0.250 e. The number of aromatic nitrogens is 4. The molecule has 2 aromatic heterocycles. The van der Waals surface area contributed by atoms with Gasteiger partial charge in [-0.2, -0.15) is 0 Å². The molecule has 0 saturated carbocycles. The molecule has 21 heavy (non-hydrogen) atoms. The van der Waals surface area contributed by atoms with Gasteiger partial charge in [0.1, 0.15) is 24.6 Å². The number of aliphatic hydroxyl groups excluding tert-OH is 2. The molecule has 3 rings (SSSR count). The summed E-state index contributed by atoms with van der Waals surface area (Å²) >= 11 is 0. The van der Waals surface area contributed by atoms with E-state index in [0.717, 1.165) is 10.9 Å². The zero-order valence-electron chi connectivity index (χ0n) is 14.2. The van der Waals surface area contributed by atoms with Crippen molar-refractivity contribution >= 4 is 17.0 Å². The van der Waals surface area contributed by atoms with Crippen LogP contribution in [0.1, 0.15) is 10.3 Å². The Morgan fingerprint density at radius 2 is 2.43 bits per heavy atom. The minimum absolute atomic E-state index is 0.0648. The first-order valence-electron chi connectivity index (χ1n) is 7.80. The predicted octanol–water partition coefficient (Wildman–Crippen LogP) is -1.90. The number of rotatable bonds is 3. The largest absolute Gasteiger partial charge is 0.394 e. The topological polar surface area (TPSA) is 120 Å². The molecule has 0 amide bonds. The van der Waals surface area contributed by atoms with Crippen molar-refractivity contribution in [1.29, 1.82) is 0 Å². The fourth-order valence-electron chi connectivity index (χ4n) is 2.49. The minimum atomic E-state index is -2.48. The third-order valence-corrected chi connectivity index (χ3v) is 3.60. The molecule has 9 heteroatoms. The maximum Gasteiger partial charge on any atom is 0.250 e. The van der Waals surface area contributed by atoms with Crippen LogP contribution in [-0.4, -0.2) is 56.8 Å².